The van der Waals surface area contributed by atoms with E-state index in [9.17, 15) is 0 Å². The number of hydrogen-bond acceptors (Lipinski definition) is 2. The molecule has 21 heavy (non-hydrogen) atoms. The van der Waals surface area contributed by atoms with Gasteiger partial charge in [-0.25, -0.2) is 0 Å². The van der Waals surface area contributed by atoms with Gasteiger partial charge in [0.1, 0.15) is 0 Å². The molecular weight excluding hydrogens is 256 g/mol. The minimum absolute atomic E-state index is 0.576. The molecule has 0 amide bonds. The van der Waals surface area contributed by atoms with Crippen LogP contribution >= 0.6 is 0 Å². The number of rotatable bonds is 3. The zero-order valence-corrected chi connectivity index (χ0v) is 13.3. The Kier molecular flexibility index (Phi) is 4.16. The highest BCUT2D eigenvalue weighted by Crippen LogP contribution is 2.30. The fourth-order valence-electron chi connectivity index (χ4n) is 3.39. The van der Waals surface area contributed by atoms with E-state index in [1.807, 2.05) is 0 Å². The predicted molar refractivity (Wildman–Crippen MR) is 92.0 cm³/mol. The van der Waals surface area contributed by atoms with Gasteiger partial charge in [-0.1, -0.05) is 57.2 Å². The highest BCUT2D eigenvalue weighted by molar-refractivity contribution is 5.94. The van der Waals surface area contributed by atoms with Gasteiger partial charge >= 0.3 is 0 Å². The molecule has 2 aromatic rings. The Morgan fingerprint density at radius 3 is 2.67 bits per heavy atom. The van der Waals surface area contributed by atoms with Crippen molar-refractivity contribution < 1.29 is 0 Å². The number of nitrogens with zero attached hydrogens (tertiary/aromatic N) is 1. The van der Waals surface area contributed by atoms with Crippen LogP contribution in [0.5, 0.6) is 0 Å². The molecule has 2 unspecified atom stereocenters. The summed E-state index contributed by atoms with van der Waals surface area (Å²) in [7, 11) is 0. The van der Waals surface area contributed by atoms with Crippen LogP contribution in [0, 0.1) is 5.92 Å². The molecule has 1 fully saturated rings. The van der Waals surface area contributed by atoms with Crippen molar-refractivity contribution in [3.63, 3.8) is 0 Å². The van der Waals surface area contributed by atoms with Crippen LogP contribution in [0.4, 0.5) is 5.69 Å². The molecule has 0 aliphatic carbocycles. The molecule has 112 valence electrons. The van der Waals surface area contributed by atoms with E-state index < -0.39 is 0 Å². The minimum Gasteiger partial charge on any atom is -0.365 e. The first kappa shape index (κ1) is 14.4. The molecule has 0 bridgehead atoms. The fraction of sp³-hybridized carbons (Fsp3) is 0.474. The maximum absolute atomic E-state index is 3.73. The van der Waals surface area contributed by atoms with Crippen LogP contribution in [-0.4, -0.2) is 25.2 Å². The van der Waals surface area contributed by atoms with Crippen molar-refractivity contribution in [2.75, 3.05) is 18.0 Å². The maximum Gasteiger partial charge on any atom is 0.0449 e. The highest BCUT2D eigenvalue weighted by Gasteiger charge is 2.29. The Balaban J connectivity index is 2.01. The van der Waals surface area contributed by atoms with Crippen LogP contribution < -0.4 is 10.2 Å². The van der Waals surface area contributed by atoms with Crippen LogP contribution in [0.2, 0.25) is 0 Å². The second-order valence-corrected chi connectivity index (χ2v) is 6.47. The first-order chi connectivity index (χ1) is 10.2. The number of piperazine rings is 1. The first-order valence-electron chi connectivity index (χ1n) is 8.18. The van der Waals surface area contributed by atoms with Gasteiger partial charge in [0.15, 0.2) is 0 Å². The lowest BCUT2D eigenvalue weighted by molar-refractivity contribution is 0.325. The average molecular weight is 282 g/mol. The van der Waals surface area contributed by atoms with E-state index in [0.29, 0.717) is 18.0 Å². The van der Waals surface area contributed by atoms with Crippen molar-refractivity contribution in [3.05, 3.63) is 42.5 Å². The lowest BCUT2D eigenvalue weighted by atomic mass is 9.96. The van der Waals surface area contributed by atoms with E-state index in [0.717, 1.165) is 13.1 Å². The van der Waals surface area contributed by atoms with Crippen LogP contribution in [0.3, 0.4) is 0 Å². The third kappa shape index (κ3) is 2.77. The van der Waals surface area contributed by atoms with Crippen LogP contribution in [-0.2, 0) is 0 Å². The lowest BCUT2D eigenvalue weighted by Crippen LogP contribution is -2.58. The number of benzene rings is 2. The van der Waals surface area contributed by atoms with Crippen LogP contribution in [0.1, 0.15) is 27.2 Å². The molecule has 2 aromatic carbocycles. The monoisotopic (exact) mass is 282 g/mol. The third-order valence-electron chi connectivity index (χ3n) is 4.80. The Labute approximate surface area is 128 Å². The van der Waals surface area contributed by atoms with Gasteiger partial charge in [0.05, 0.1) is 0 Å². The molecule has 0 aromatic heterocycles. The molecule has 1 N–H and O–H groups in total. The second kappa shape index (κ2) is 6.07. The van der Waals surface area contributed by atoms with Gasteiger partial charge in [-0.15, -0.1) is 0 Å². The van der Waals surface area contributed by atoms with E-state index >= 15 is 0 Å². The maximum atomic E-state index is 3.73. The van der Waals surface area contributed by atoms with E-state index in [1.54, 1.807) is 0 Å². The second-order valence-electron chi connectivity index (χ2n) is 6.47. The van der Waals surface area contributed by atoms with E-state index in [-0.39, 0.29) is 0 Å². The van der Waals surface area contributed by atoms with Crippen LogP contribution in [0.15, 0.2) is 42.5 Å². The van der Waals surface area contributed by atoms with Gasteiger partial charge in [-0.2, -0.15) is 0 Å². The fourth-order valence-corrected chi connectivity index (χ4v) is 3.39. The van der Waals surface area contributed by atoms with Crippen molar-refractivity contribution in [2.45, 2.75) is 39.3 Å². The van der Waals surface area contributed by atoms with Gasteiger partial charge < -0.3 is 10.2 Å². The molecule has 2 nitrogen and oxygen atoms in total. The first-order valence-corrected chi connectivity index (χ1v) is 8.18. The number of nitrogens with one attached hydrogen (secondary N) is 1. The molecule has 1 saturated heterocycles. The molecule has 1 aliphatic rings. The quantitative estimate of drug-likeness (QED) is 0.913. The minimum atomic E-state index is 0.576. The highest BCUT2D eigenvalue weighted by atomic mass is 15.2. The summed E-state index contributed by atoms with van der Waals surface area (Å²) in [4.78, 5) is 2.63. The summed E-state index contributed by atoms with van der Waals surface area (Å²) in [6, 6.07) is 16.6. The topological polar surface area (TPSA) is 15.3 Å². The van der Waals surface area contributed by atoms with E-state index in [2.05, 4.69) is 73.5 Å². The standard InChI is InChI=1S/C19H26N2/c1-4-16-12-20-18(14(2)3)13-21(16)19-11-7-9-15-8-5-6-10-17(15)19/h5-11,14,16,18,20H,4,12-13H2,1-3H3. The summed E-state index contributed by atoms with van der Waals surface area (Å²) in [5.41, 5.74) is 1.40. The largest absolute Gasteiger partial charge is 0.365 e. The summed E-state index contributed by atoms with van der Waals surface area (Å²) in [6.07, 6.45) is 1.18. The Hall–Kier alpha value is -1.54. The molecule has 2 heteroatoms. The summed E-state index contributed by atoms with van der Waals surface area (Å²) in [6.45, 7) is 9.10. The van der Waals surface area contributed by atoms with Crippen LogP contribution in [0.25, 0.3) is 10.8 Å². The molecule has 1 heterocycles. The summed E-state index contributed by atoms with van der Waals surface area (Å²) >= 11 is 0. The molecule has 0 spiro atoms. The van der Waals surface area contributed by atoms with Crippen molar-refractivity contribution >= 4 is 16.5 Å². The summed E-state index contributed by atoms with van der Waals surface area (Å²) in [5.74, 6) is 0.667. The van der Waals surface area contributed by atoms with Gasteiger partial charge in [0.2, 0.25) is 0 Å². The van der Waals surface area contributed by atoms with Gasteiger partial charge in [0.25, 0.3) is 0 Å². The molecule has 2 atom stereocenters. The number of hydrogen-bond donors (Lipinski definition) is 1. The molecule has 0 saturated carbocycles. The number of fused-ring (bicyclic) bond motifs is 1. The molecule has 3 rings (SSSR count). The third-order valence-corrected chi connectivity index (χ3v) is 4.80. The zero-order chi connectivity index (χ0) is 14.8. The Morgan fingerprint density at radius 1 is 1.14 bits per heavy atom. The smallest absolute Gasteiger partial charge is 0.0449 e. The van der Waals surface area contributed by atoms with E-state index in [1.165, 1.54) is 22.9 Å². The predicted octanol–water partition coefficient (Wildman–Crippen LogP) is 4.05. The number of anilines is 1. The summed E-state index contributed by atoms with van der Waals surface area (Å²) < 4.78 is 0. The van der Waals surface area contributed by atoms with Crippen molar-refractivity contribution in [1.29, 1.82) is 0 Å². The van der Waals surface area contributed by atoms with Gasteiger partial charge in [-0.05, 0) is 23.8 Å². The van der Waals surface area contributed by atoms with E-state index in [4.69, 9.17) is 0 Å². The molecular formula is C19H26N2. The van der Waals surface area contributed by atoms with Gasteiger partial charge in [0, 0.05) is 36.2 Å². The Morgan fingerprint density at radius 2 is 1.90 bits per heavy atom. The van der Waals surface area contributed by atoms with Gasteiger partial charge in [-0.3, -0.25) is 0 Å². The van der Waals surface area contributed by atoms with Crippen molar-refractivity contribution in [2.24, 2.45) is 5.92 Å². The molecule has 1 aliphatic heterocycles. The zero-order valence-electron chi connectivity index (χ0n) is 13.3. The van der Waals surface area contributed by atoms with Crippen molar-refractivity contribution in [1.82, 2.24) is 5.32 Å². The molecule has 0 radical (unpaired) electrons. The Bertz CT molecular complexity index is 600. The normalized spacial score (nSPS) is 23.0. The SMILES string of the molecule is CCC1CNC(C(C)C)CN1c1cccc2ccccc12. The average Bonchev–Trinajstić information content (AvgIpc) is 2.53. The van der Waals surface area contributed by atoms with Crippen molar-refractivity contribution in [3.8, 4) is 0 Å². The lowest BCUT2D eigenvalue weighted by Gasteiger charge is -2.43. The summed E-state index contributed by atoms with van der Waals surface area (Å²) in [5, 5.41) is 6.44.